The van der Waals surface area contributed by atoms with E-state index >= 15 is 4.39 Å². The molecule has 4 aromatic rings. The number of hydrogen-bond acceptors (Lipinski definition) is 4. The van der Waals surface area contributed by atoms with Crippen molar-refractivity contribution in [2.24, 2.45) is 12.0 Å². The summed E-state index contributed by atoms with van der Waals surface area (Å²) in [6, 6.07) is 15.0. The van der Waals surface area contributed by atoms with Gasteiger partial charge in [-0.3, -0.25) is 4.99 Å². The van der Waals surface area contributed by atoms with E-state index in [1.54, 1.807) is 18.3 Å². The van der Waals surface area contributed by atoms with E-state index in [0.29, 0.717) is 23.6 Å². The minimum Gasteiger partial charge on any atom is -0.496 e. The van der Waals surface area contributed by atoms with Crippen molar-refractivity contribution in [2.75, 3.05) is 7.11 Å². The maximum atomic E-state index is 15.0. The molecule has 1 aliphatic heterocycles. The van der Waals surface area contributed by atoms with Crippen molar-refractivity contribution in [3.63, 3.8) is 0 Å². The van der Waals surface area contributed by atoms with Crippen LogP contribution in [0.25, 0.3) is 22.5 Å². The Morgan fingerprint density at radius 1 is 1.07 bits per heavy atom. The topological polar surface area (TPSA) is 52.3 Å². The third kappa shape index (κ3) is 2.88. The van der Waals surface area contributed by atoms with Crippen LogP contribution in [0, 0.1) is 5.82 Å². The van der Waals surface area contributed by atoms with Gasteiger partial charge in [-0.25, -0.2) is 14.4 Å². The number of hydrogen-bond donors (Lipinski definition) is 0. The number of benzene rings is 2. The molecule has 30 heavy (non-hydrogen) atoms. The molecule has 6 heteroatoms. The molecule has 0 amide bonds. The summed E-state index contributed by atoms with van der Waals surface area (Å²) in [5, 5.41) is 0. The highest BCUT2D eigenvalue weighted by Gasteiger charge is 2.25. The van der Waals surface area contributed by atoms with Crippen LogP contribution < -0.4 is 4.74 Å². The zero-order valence-corrected chi connectivity index (χ0v) is 16.6. The molecule has 5 rings (SSSR count). The van der Waals surface area contributed by atoms with Gasteiger partial charge in [0.25, 0.3) is 0 Å². The number of fused-ring (bicyclic) bond motifs is 3. The van der Waals surface area contributed by atoms with E-state index < -0.39 is 0 Å². The van der Waals surface area contributed by atoms with Gasteiger partial charge < -0.3 is 9.30 Å². The van der Waals surface area contributed by atoms with Crippen LogP contribution in [0.3, 0.4) is 0 Å². The van der Waals surface area contributed by atoms with Gasteiger partial charge in [-0.15, -0.1) is 0 Å². The summed E-state index contributed by atoms with van der Waals surface area (Å²) < 4.78 is 22.6. The number of halogens is 1. The SMILES string of the molecule is COc1cccc(F)c1C1=NCc2cncnc2-c2ccc(-c3cccn3C)cc21. The Balaban J connectivity index is 1.81. The number of methoxy groups -OCH3 is 1. The molecule has 0 saturated carbocycles. The fourth-order valence-corrected chi connectivity index (χ4v) is 3.95. The van der Waals surface area contributed by atoms with Crippen molar-refractivity contribution in [1.29, 1.82) is 0 Å². The minimum atomic E-state index is -0.375. The Labute approximate surface area is 173 Å². The van der Waals surface area contributed by atoms with Crippen LogP contribution in [0.5, 0.6) is 5.75 Å². The molecule has 0 N–H and O–H groups in total. The van der Waals surface area contributed by atoms with Gasteiger partial charge in [0.15, 0.2) is 0 Å². The Kier molecular flexibility index (Phi) is 4.39. The lowest BCUT2D eigenvalue weighted by atomic mass is 9.92. The summed E-state index contributed by atoms with van der Waals surface area (Å²) in [6.45, 7) is 0.358. The van der Waals surface area contributed by atoms with Crippen molar-refractivity contribution < 1.29 is 9.13 Å². The van der Waals surface area contributed by atoms with E-state index in [1.807, 2.05) is 31.4 Å². The van der Waals surface area contributed by atoms with Gasteiger partial charge in [0.05, 0.1) is 30.6 Å². The van der Waals surface area contributed by atoms with Gasteiger partial charge in [-0.05, 0) is 35.9 Å². The number of rotatable bonds is 3. The third-order valence-corrected chi connectivity index (χ3v) is 5.40. The molecule has 0 aliphatic carbocycles. The minimum absolute atomic E-state index is 0.353. The Hall–Kier alpha value is -3.80. The molecule has 2 aromatic carbocycles. The second-order valence-electron chi connectivity index (χ2n) is 7.14. The average Bonchev–Trinajstić information content (AvgIpc) is 3.13. The van der Waals surface area contributed by atoms with E-state index in [0.717, 1.165) is 33.6 Å². The highest BCUT2D eigenvalue weighted by Crippen LogP contribution is 2.36. The number of nitrogens with zero attached hydrogens (tertiary/aromatic N) is 4. The largest absolute Gasteiger partial charge is 0.496 e. The first kappa shape index (κ1) is 18.2. The molecule has 0 fully saturated rings. The van der Waals surface area contributed by atoms with E-state index in [4.69, 9.17) is 9.73 Å². The van der Waals surface area contributed by atoms with Crippen LogP contribution in [0.1, 0.15) is 16.7 Å². The third-order valence-electron chi connectivity index (χ3n) is 5.40. The summed E-state index contributed by atoms with van der Waals surface area (Å²) in [5.41, 5.74) is 6.40. The van der Waals surface area contributed by atoms with Gasteiger partial charge in [0, 0.05) is 41.8 Å². The molecule has 0 atom stereocenters. The first-order valence-electron chi connectivity index (χ1n) is 9.60. The number of aromatic nitrogens is 3. The molecule has 148 valence electrons. The molecule has 5 nitrogen and oxygen atoms in total. The molecule has 0 radical (unpaired) electrons. The Morgan fingerprint density at radius 3 is 2.77 bits per heavy atom. The van der Waals surface area contributed by atoms with Gasteiger partial charge in [0.2, 0.25) is 0 Å². The first-order valence-corrected chi connectivity index (χ1v) is 9.60. The summed E-state index contributed by atoms with van der Waals surface area (Å²) in [5.74, 6) is 0.0707. The lowest BCUT2D eigenvalue weighted by molar-refractivity contribution is 0.410. The molecule has 0 spiro atoms. The number of aliphatic imine (C=N–C) groups is 1. The van der Waals surface area contributed by atoms with Gasteiger partial charge in [-0.1, -0.05) is 18.2 Å². The molecular formula is C24H19FN4O. The number of ether oxygens (including phenoxy) is 1. The molecular weight excluding hydrogens is 379 g/mol. The second-order valence-corrected chi connectivity index (χ2v) is 7.14. The Bertz CT molecular complexity index is 1290. The molecule has 2 aromatic heterocycles. The van der Waals surface area contributed by atoms with Crippen LogP contribution in [-0.4, -0.2) is 27.4 Å². The predicted molar refractivity (Wildman–Crippen MR) is 114 cm³/mol. The lowest BCUT2D eigenvalue weighted by Crippen LogP contribution is -2.10. The monoisotopic (exact) mass is 398 g/mol. The van der Waals surface area contributed by atoms with Gasteiger partial charge in [0.1, 0.15) is 17.9 Å². The normalized spacial score (nSPS) is 12.6. The van der Waals surface area contributed by atoms with Crippen LogP contribution in [-0.2, 0) is 13.6 Å². The molecule has 0 unspecified atom stereocenters. The zero-order valence-electron chi connectivity index (χ0n) is 16.6. The maximum absolute atomic E-state index is 15.0. The van der Waals surface area contributed by atoms with Crippen molar-refractivity contribution in [2.45, 2.75) is 6.54 Å². The lowest BCUT2D eigenvalue weighted by Gasteiger charge is -2.16. The van der Waals surface area contributed by atoms with E-state index in [-0.39, 0.29) is 5.82 Å². The fourth-order valence-electron chi connectivity index (χ4n) is 3.95. The standard InChI is InChI=1S/C24H19FN4O/c1-29-10-4-6-20(29)15-8-9-17-18(11-15)24(22-19(25)5-3-7-21(22)30-2)27-13-16-12-26-14-28-23(16)17/h3-12,14H,13H2,1-2H3. The van der Waals surface area contributed by atoms with Crippen LogP contribution in [0.4, 0.5) is 4.39 Å². The van der Waals surface area contributed by atoms with Crippen LogP contribution in [0.15, 0.2) is 72.2 Å². The highest BCUT2D eigenvalue weighted by molar-refractivity contribution is 6.18. The van der Waals surface area contributed by atoms with E-state index in [1.165, 1.54) is 19.5 Å². The summed E-state index contributed by atoms with van der Waals surface area (Å²) in [7, 11) is 3.54. The highest BCUT2D eigenvalue weighted by atomic mass is 19.1. The van der Waals surface area contributed by atoms with E-state index in [9.17, 15) is 0 Å². The van der Waals surface area contributed by atoms with Crippen molar-refractivity contribution in [3.8, 4) is 28.3 Å². The van der Waals surface area contributed by atoms with Gasteiger partial charge >= 0.3 is 0 Å². The Morgan fingerprint density at radius 2 is 1.97 bits per heavy atom. The molecule has 0 saturated heterocycles. The smallest absolute Gasteiger partial charge is 0.136 e. The molecule has 1 aliphatic rings. The van der Waals surface area contributed by atoms with Crippen LogP contribution in [0.2, 0.25) is 0 Å². The quantitative estimate of drug-likeness (QED) is 0.505. The van der Waals surface area contributed by atoms with Crippen molar-refractivity contribution in [1.82, 2.24) is 14.5 Å². The fraction of sp³-hybridized carbons (Fsp3) is 0.125. The summed E-state index contributed by atoms with van der Waals surface area (Å²) >= 11 is 0. The van der Waals surface area contributed by atoms with Crippen molar-refractivity contribution >= 4 is 5.71 Å². The van der Waals surface area contributed by atoms with Gasteiger partial charge in [-0.2, -0.15) is 0 Å². The van der Waals surface area contributed by atoms with Crippen molar-refractivity contribution in [3.05, 3.63) is 89.8 Å². The van der Waals surface area contributed by atoms with E-state index in [2.05, 4.69) is 26.7 Å². The molecule has 0 bridgehead atoms. The molecule has 3 heterocycles. The predicted octanol–water partition coefficient (Wildman–Crippen LogP) is 4.65. The number of aryl methyl sites for hydroxylation is 1. The summed E-state index contributed by atoms with van der Waals surface area (Å²) in [6.07, 6.45) is 5.29. The van der Waals surface area contributed by atoms with Crippen LogP contribution >= 0.6 is 0 Å². The average molecular weight is 398 g/mol. The second kappa shape index (κ2) is 7.22. The maximum Gasteiger partial charge on any atom is 0.136 e. The first-order chi connectivity index (χ1) is 14.7. The summed E-state index contributed by atoms with van der Waals surface area (Å²) in [4.78, 5) is 13.5. The zero-order chi connectivity index (χ0) is 20.7.